The van der Waals surface area contributed by atoms with Gasteiger partial charge in [-0.25, -0.2) is 4.39 Å². The highest BCUT2D eigenvalue weighted by Crippen LogP contribution is 2.24. The molecule has 2 unspecified atom stereocenters. The van der Waals surface area contributed by atoms with Gasteiger partial charge in [-0.05, 0) is 43.5 Å². The standard InChI is InChI=1S/C14H21BrFNO/c1-3-11(6-7-18)9-17-10(2)13-5-4-12(16)8-14(13)15/h4-5,8,10-11,17-18H,3,6-7,9H2,1-2H3. The maximum absolute atomic E-state index is 13.0. The van der Waals surface area contributed by atoms with Gasteiger partial charge in [-0.3, -0.25) is 0 Å². The SMILES string of the molecule is CCC(CCO)CNC(C)c1ccc(F)cc1Br. The minimum atomic E-state index is -0.232. The van der Waals surface area contributed by atoms with Crippen molar-refractivity contribution in [2.75, 3.05) is 13.2 Å². The Bertz CT molecular complexity index is 373. The van der Waals surface area contributed by atoms with Crippen LogP contribution in [0.15, 0.2) is 22.7 Å². The van der Waals surface area contributed by atoms with Crippen LogP contribution in [-0.4, -0.2) is 18.3 Å². The second-order valence-electron chi connectivity index (χ2n) is 4.58. The lowest BCUT2D eigenvalue weighted by Gasteiger charge is -2.20. The number of halogens is 2. The molecule has 0 bridgehead atoms. The van der Waals surface area contributed by atoms with Gasteiger partial charge in [-0.2, -0.15) is 0 Å². The van der Waals surface area contributed by atoms with Gasteiger partial charge in [-0.15, -0.1) is 0 Å². The molecule has 2 atom stereocenters. The fourth-order valence-electron chi connectivity index (χ4n) is 1.94. The average Bonchev–Trinajstić information content (AvgIpc) is 2.34. The Morgan fingerprint density at radius 2 is 2.17 bits per heavy atom. The third-order valence-electron chi connectivity index (χ3n) is 3.26. The summed E-state index contributed by atoms with van der Waals surface area (Å²) in [6.07, 6.45) is 1.87. The van der Waals surface area contributed by atoms with E-state index in [0.717, 1.165) is 29.4 Å². The smallest absolute Gasteiger partial charge is 0.124 e. The van der Waals surface area contributed by atoms with Crippen LogP contribution in [0.3, 0.4) is 0 Å². The molecule has 4 heteroatoms. The van der Waals surface area contributed by atoms with Gasteiger partial charge in [-0.1, -0.05) is 35.3 Å². The average molecular weight is 318 g/mol. The summed E-state index contributed by atoms with van der Waals surface area (Å²) in [7, 11) is 0. The van der Waals surface area contributed by atoms with Crippen LogP contribution in [0.2, 0.25) is 0 Å². The fourth-order valence-corrected chi connectivity index (χ4v) is 2.63. The van der Waals surface area contributed by atoms with Gasteiger partial charge in [0.25, 0.3) is 0 Å². The summed E-state index contributed by atoms with van der Waals surface area (Å²) in [4.78, 5) is 0. The molecule has 18 heavy (non-hydrogen) atoms. The quantitative estimate of drug-likeness (QED) is 0.804. The summed E-state index contributed by atoms with van der Waals surface area (Å²) in [6, 6.07) is 4.92. The van der Waals surface area contributed by atoms with E-state index in [2.05, 4.69) is 35.1 Å². The molecular formula is C14H21BrFNO. The first-order valence-corrected chi connectivity index (χ1v) is 7.17. The lowest BCUT2D eigenvalue weighted by Crippen LogP contribution is -2.26. The van der Waals surface area contributed by atoms with Gasteiger partial charge in [0.2, 0.25) is 0 Å². The Morgan fingerprint density at radius 1 is 1.44 bits per heavy atom. The van der Waals surface area contributed by atoms with Crippen LogP contribution in [0.1, 0.15) is 38.3 Å². The molecule has 2 nitrogen and oxygen atoms in total. The van der Waals surface area contributed by atoms with Crippen molar-refractivity contribution in [3.05, 3.63) is 34.1 Å². The molecule has 0 saturated heterocycles. The van der Waals surface area contributed by atoms with E-state index in [9.17, 15) is 4.39 Å². The van der Waals surface area contributed by atoms with Gasteiger partial charge in [0, 0.05) is 17.1 Å². The maximum atomic E-state index is 13.0. The molecule has 2 N–H and O–H groups in total. The summed E-state index contributed by atoms with van der Waals surface area (Å²) < 4.78 is 13.8. The molecule has 0 aromatic heterocycles. The predicted molar refractivity (Wildman–Crippen MR) is 76.0 cm³/mol. The van der Waals surface area contributed by atoms with Crippen molar-refractivity contribution in [3.8, 4) is 0 Å². The van der Waals surface area contributed by atoms with Crippen LogP contribution in [-0.2, 0) is 0 Å². The Balaban J connectivity index is 2.56. The van der Waals surface area contributed by atoms with E-state index >= 15 is 0 Å². The van der Waals surface area contributed by atoms with Gasteiger partial charge in [0.1, 0.15) is 5.82 Å². The number of aliphatic hydroxyl groups excluding tert-OH is 1. The lowest BCUT2D eigenvalue weighted by molar-refractivity contribution is 0.249. The van der Waals surface area contributed by atoms with Gasteiger partial charge in [0.15, 0.2) is 0 Å². The van der Waals surface area contributed by atoms with E-state index in [1.807, 2.05) is 0 Å². The van der Waals surface area contributed by atoms with Crippen molar-refractivity contribution in [2.24, 2.45) is 5.92 Å². The van der Waals surface area contributed by atoms with E-state index in [-0.39, 0.29) is 18.5 Å². The zero-order chi connectivity index (χ0) is 13.5. The Labute approximate surface area is 117 Å². The first-order valence-electron chi connectivity index (χ1n) is 6.37. The van der Waals surface area contributed by atoms with Crippen LogP contribution in [0.4, 0.5) is 4.39 Å². The summed E-state index contributed by atoms with van der Waals surface area (Å²) in [6.45, 7) is 5.28. The summed E-state index contributed by atoms with van der Waals surface area (Å²) in [5.74, 6) is 0.251. The molecule has 1 rings (SSSR count). The molecule has 0 amide bonds. The highest BCUT2D eigenvalue weighted by atomic mass is 79.9. The van der Waals surface area contributed by atoms with E-state index in [1.165, 1.54) is 12.1 Å². The molecule has 1 aromatic carbocycles. The van der Waals surface area contributed by atoms with Crippen molar-refractivity contribution >= 4 is 15.9 Å². The molecule has 0 saturated carbocycles. The zero-order valence-corrected chi connectivity index (χ0v) is 12.5. The van der Waals surface area contributed by atoms with E-state index in [4.69, 9.17) is 5.11 Å². The third kappa shape index (κ3) is 4.67. The number of hydrogen-bond donors (Lipinski definition) is 2. The van der Waals surface area contributed by atoms with Crippen molar-refractivity contribution < 1.29 is 9.50 Å². The van der Waals surface area contributed by atoms with Gasteiger partial charge >= 0.3 is 0 Å². The van der Waals surface area contributed by atoms with E-state index < -0.39 is 0 Å². The molecule has 0 fully saturated rings. The third-order valence-corrected chi connectivity index (χ3v) is 3.94. The summed E-state index contributed by atoms with van der Waals surface area (Å²) >= 11 is 3.38. The zero-order valence-electron chi connectivity index (χ0n) is 10.9. The van der Waals surface area contributed by atoms with Gasteiger partial charge < -0.3 is 10.4 Å². The topological polar surface area (TPSA) is 32.3 Å². The number of nitrogens with one attached hydrogen (secondary N) is 1. The summed E-state index contributed by atoms with van der Waals surface area (Å²) in [5, 5.41) is 12.4. The van der Waals surface area contributed by atoms with Gasteiger partial charge in [0.05, 0.1) is 0 Å². The molecule has 0 aliphatic carbocycles. The molecule has 0 heterocycles. The largest absolute Gasteiger partial charge is 0.396 e. The minimum absolute atomic E-state index is 0.160. The van der Waals surface area contributed by atoms with Crippen LogP contribution in [0, 0.1) is 11.7 Å². The minimum Gasteiger partial charge on any atom is -0.396 e. The number of rotatable bonds is 7. The predicted octanol–water partition coefficient (Wildman–Crippen LogP) is 3.65. The number of hydrogen-bond acceptors (Lipinski definition) is 2. The molecule has 0 spiro atoms. The molecule has 0 aliphatic rings. The second-order valence-corrected chi connectivity index (χ2v) is 5.44. The summed E-state index contributed by atoms with van der Waals surface area (Å²) in [5.41, 5.74) is 1.05. The van der Waals surface area contributed by atoms with Crippen LogP contribution in [0.25, 0.3) is 0 Å². The normalized spacial score (nSPS) is 14.5. The monoisotopic (exact) mass is 317 g/mol. The van der Waals surface area contributed by atoms with Crippen molar-refractivity contribution in [1.29, 1.82) is 0 Å². The lowest BCUT2D eigenvalue weighted by atomic mass is 10.0. The Kier molecular flexibility index (Phi) is 6.82. The van der Waals surface area contributed by atoms with Crippen molar-refractivity contribution in [1.82, 2.24) is 5.32 Å². The van der Waals surface area contributed by atoms with Crippen molar-refractivity contribution in [2.45, 2.75) is 32.7 Å². The highest BCUT2D eigenvalue weighted by molar-refractivity contribution is 9.10. The first-order chi connectivity index (χ1) is 8.58. The number of benzene rings is 1. The number of aliphatic hydroxyl groups is 1. The Morgan fingerprint density at radius 3 is 2.72 bits per heavy atom. The van der Waals surface area contributed by atoms with Crippen LogP contribution < -0.4 is 5.32 Å². The van der Waals surface area contributed by atoms with Crippen molar-refractivity contribution in [3.63, 3.8) is 0 Å². The molecule has 0 radical (unpaired) electrons. The van der Waals surface area contributed by atoms with Crippen LogP contribution >= 0.6 is 15.9 Å². The van der Waals surface area contributed by atoms with E-state index in [0.29, 0.717) is 5.92 Å². The maximum Gasteiger partial charge on any atom is 0.124 e. The van der Waals surface area contributed by atoms with E-state index in [1.54, 1.807) is 6.07 Å². The first kappa shape index (κ1) is 15.6. The molecule has 1 aromatic rings. The fraction of sp³-hybridized carbons (Fsp3) is 0.571. The molecular weight excluding hydrogens is 297 g/mol. The van der Waals surface area contributed by atoms with Crippen LogP contribution in [0.5, 0.6) is 0 Å². The Hall–Kier alpha value is -0.450. The highest BCUT2D eigenvalue weighted by Gasteiger charge is 2.12. The second kappa shape index (κ2) is 7.87. The molecule has 0 aliphatic heterocycles. The molecule has 102 valence electrons.